The van der Waals surface area contributed by atoms with Gasteiger partial charge >= 0.3 is 47.8 Å². The van der Waals surface area contributed by atoms with Gasteiger partial charge in [-0.2, -0.15) is 0 Å². The van der Waals surface area contributed by atoms with Crippen LogP contribution in [0.25, 0.3) is 0 Å². The smallest absolute Gasteiger partial charge is 0.326 e. The van der Waals surface area contributed by atoms with E-state index in [9.17, 15) is 98.1 Å². The highest BCUT2D eigenvalue weighted by Crippen LogP contribution is 2.08. The molecule has 0 aromatic carbocycles. The molecule has 0 bridgehead atoms. The highest BCUT2D eigenvalue weighted by atomic mass is 16.4. The molecule has 0 saturated carbocycles. The van der Waals surface area contributed by atoms with Crippen molar-refractivity contribution in [1.82, 2.24) is 65.8 Å². The summed E-state index contributed by atoms with van der Waals surface area (Å²) in [6.07, 6.45) is 1.03. The molecule has 2 fully saturated rings. The van der Waals surface area contributed by atoms with Crippen LogP contribution in [-0.2, 0) is 62.3 Å². The van der Waals surface area contributed by atoms with Crippen molar-refractivity contribution in [2.24, 2.45) is 5.73 Å². The van der Waals surface area contributed by atoms with Crippen LogP contribution in [0, 0.1) is 0 Å². The van der Waals surface area contributed by atoms with Gasteiger partial charge in [0.25, 0.3) is 0 Å². The van der Waals surface area contributed by atoms with Crippen LogP contribution < -0.4 is 32.3 Å². The molecule has 2 unspecified atom stereocenters. The van der Waals surface area contributed by atoms with E-state index in [2.05, 4.69) is 26.6 Å². The molecule has 3 atom stereocenters. The van der Waals surface area contributed by atoms with E-state index < -0.39 is 109 Å². The lowest BCUT2D eigenvalue weighted by Gasteiger charge is -2.33. The lowest BCUT2D eigenvalue weighted by Crippen LogP contribution is -2.54. The Hall–Kier alpha value is -7.25. The normalized spacial score (nSPS) is 17.6. The standard InChI is InChI=1S/C53H92N14O21/c54-38(52(85)86)6-1-3-11-55-41(68)9-10-42(69)56-13-5-8-40(53(87)88)59-51(84)39(58-44(71)31-61-16-20-64(34-47(76)77)24-28-67(37-50(82)83)29-25-65(21-17-61)35-48(78)79)7-2-4-12-57-43(70)30-60-14-18-62(32-45(72)73)22-26-66(36-49(80)81)27-23-63(19-15-60)33-46(74)75/h38-40H,1-37,54H2,(H,55,68)(H,56,69)(H,57,70)(H,58,71)(H,59,84)(H,72,73)(H,74,75)(H,76,77)(H,78,79)(H,80,81)(H,82,83)(H,85,86)(H,87,88)/t38-,39?,40?/m0/s1. The molecular formula is C53H92N14O21. The van der Waals surface area contributed by atoms with E-state index >= 15 is 0 Å². The number of amides is 5. The van der Waals surface area contributed by atoms with Gasteiger partial charge in [0.2, 0.25) is 29.5 Å². The molecular weight excluding hydrogens is 1170 g/mol. The minimum absolute atomic E-state index is 0.0286. The van der Waals surface area contributed by atoms with Crippen molar-refractivity contribution in [2.45, 2.75) is 82.3 Å². The monoisotopic (exact) mass is 1260 g/mol. The lowest BCUT2D eigenvalue weighted by atomic mass is 10.1. The Morgan fingerprint density at radius 3 is 0.886 bits per heavy atom. The van der Waals surface area contributed by atoms with Crippen molar-refractivity contribution in [1.29, 1.82) is 0 Å². The molecule has 500 valence electrons. The molecule has 2 rings (SSSR count). The lowest BCUT2D eigenvalue weighted by molar-refractivity contribution is -0.142. The molecule has 15 N–H and O–H groups in total. The fourth-order valence-electron chi connectivity index (χ4n) is 9.55. The Morgan fingerprint density at radius 2 is 0.580 bits per heavy atom. The van der Waals surface area contributed by atoms with Crippen molar-refractivity contribution >= 4 is 77.3 Å². The highest BCUT2D eigenvalue weighted by molar-refractivity contribution is 5.91. The number of nitrogens with two attached hydrogens (primary N) is 1. The number of hydrogen-bond donors (Lipinski definition) is 14. The number of nitrogens with one attached hydrogen (secondary N) is 5. The maximum Gasteiger partial charge on any atom is 0.326 e. The summed E-state index contributed by atoms with van der Waals surface area (Å²) in [4.78, 5) is 173. The zero-order chi connectivity index (χ0) is 65.6. The molecule has 2 saturated heterocycles. The van der Waals surface area contributed by atoms with Crippen LogP contribution in [0.2, 0.25) is 0 Å². The zero-order valence-electron chi connectivity index (χ0n) is 49.9. The quantitative estimate of drug-likeness (QED) is 0.0256. The molecule has 2 aliphatic rings. The molecule has 0 aromatic rings. The van der Waals surface area contributed by atoms with Gasteiger partial charge in [-0.1, -0.05) is 0 Å². The number of carboxylic acid groups (broad SMARTS) is 8. The van der Waals surface area contributed by atoms with Gasteiger partial charge in [0, 0.05) is 137 Å². The largest absolute Gasteiger partial charge is 0.480 e. The number of hydrogen-bond acceptors (Lipinski definition) is 22. The van der Waals surface area contributed by atoms with Gasteiger partial charge < -0.3 is 73.2 Å². The second-order valence-corrected chi connectivity index (χ2v) is 21.7. The van der Waals surface area contributed by atoms with E-state index in [1.807, 2.05) is 0 Å². The minimum atomic E-state index is -1.51. The van der Waals surface area contributed by atoms with Gasteiger partial charge in [-0.3, -0.25) is 96.7 Å². The van der Waals surface area contributed by atoms with Crippen LogP contribution in [0.3, 0.4) is 0 Å². The van der Waals surface area contributed by atoms with Crippen LogP contribution in [0.5, 0.6) is 0 Å². The van der Waals surface area contributed by atoms with Gasteiger partial charge in [0.05, 0.1) is 52.4 Å². The first-order chi connectivity index (χ1) is 41.7. The number of carbonyl (C=O) groups is 13. The Kier molecular flexibility index (Phi) is 37.9. The average molecular weight is 1260 g/mol. The van der Waals surface area contributed by atoms with E-state index in [4.69, 9.17) is 10.8 Å². The third-order valence-corrected chi connectivity index (χ3v) is 14.4. The maximum absolute atomic E-state index is 14.1. The summed E-state index contributed by atoms with van der Waals surface area (Å²) in [5, 5.41) is 89.7. The van der Waals surface area contributed by atoms with Crippen molar-refractivity contribution in [3.8, 4) is 0 Å². The van der Waals surface area contributed by atoms with Crippen molar-refractivity contribution in [3.05, 3.63) is 0 Å². The Balaban J connectivity index is 2.24. The fourth-order valence-corrected chi connectivity index (χ4v) is 9.55. The summed E-state index contributed by atoms with van der Waals surface area (Å²) in [5.41, 5.74) is 5.48. The Morgan fingerprint density at radius 1 is 0.307 bits per heavy atom. The van der Waals surface area contributed by atoms with E-state index in [1.165, 1.54) is 0 Å². The Labute approximate surface area is 509 Å². The number of rotatable bonds is 38. The van der Waals surface area contributed by atoms with Crippen molar-refractivity contribution in [2.75, 3.05) is 177 Å². The number of nitrogens with zero attached hydrogens (tertiary/aromatic N) is 8. The average Bonchev–Trinajstić information content (AvgIpc) is 3.46. The fraction of sp³-hybridized carbons (Fsp3) is 0.755. The molecule has 2 aliphatic heterocycles. The third kappa shape index (κ3) is 37.4. The molecule has 0 radical (unpaired) electrons. The third-order valence-electron chi connectivity index (χ3n) is 14.4. The SMILES string of the molecule is N[C@@H](CCCCNC(=O)CCC(=O)NCCCC(NC(=O)C(CCCCNC(=O)CN1CCN(CC(=O)O)CCN(CC(=O)O)CCN(CC(=O)O)CC1)NC(=O)CN1CCN(CC(=O)O)CCN(CC(=O)O)CCN(CC(=O)O)CC1)C(=O)O)C(=O)O. The number of unbranched alkanes of at least 4 members (excludes halogenated alkanes) is 2. The van der Waals surface area contributed by atoms with Crippen LogP contribution in [0.15, 0.2) is 0 Å². The predicted molar refractivity (Wildman–Crippen MR) is 310 cm³/mol. The van der Waals surface area contributed by atoms with Gasteiger partial charge in [-0.05, 0) is 51.4 Å². The maximum atomic E-state index is 14.1. The zero-order valence-corrected chi connectivity index (χ0v) is 49.9. The summed E-state index contributed by atoms with van der Waals surface area (Å²) in [7, 11) is 0. The number of carbonyl (C=O) groups excluding carboxylic acids is 5. The highest BCUT2D eigenvalue weighted by Gasteiger charge is 2.29. The molecule has 35 nitrogen and oxygen atoms in total. The summed E-state index contributed by atoms with van der Waals surface area (Å²) < 4.78 is 0. The van der Waals surface area contributed by atoms with Crippen LogP contribution in [-0.4, -0.2) is 352 Å². The first kappa shape index (κ1) is 76.8. The van der Waals surface area contributed by atoms with Crippen LogP contribution in [0.1, 0.15) is 64.2 Å². The van der Waals surface area contributed by atoms with E-state index in [1.54, 1.807) is 39.2 Å². The molecule has 0 aliphatic carbocycles. The molecule has 88 heavy (non-hydrogen) atoms. The van der Waals surface area contributed by atoms with E-state index in [-0.39, 0.29) is 215 Å². The van der Waals surface area contributed by atoms with Crippen molar-refractivity contribution < 1.29 is 103 Å². The van der Waals surface area contributed by atoms with Gasteiger partial charge in [0.15, 0.2) is 0 Å². The van der Waals surface area contributed by atoms with Gasteiger partial charge in [-0.15, -0.1) is 0 Å². The number of aliphatic carboxylic acids is 8. The van der Waals surface area contributed by atoms with Crippen molar-refractivity contribution in [3.63, 3.8) is 0 Å². The Bertz CT molecular complexity index is 2220. The minimum Gasteiger partial charge on any atom is -0.480 e. The number of carboxylic acids is 8. The summed E-state index contributed by atoms with van der Waals surface area (Å²) in [6, 6.07) is -3.88. The van der Waals surface area contributed by atoms with E-state index in [0.29, 0.717) is 12.8 Å². The van der Waals surface area contributed by atoms with Crippen LogP contribution in [0.4, 0.5) is 0 Å². The molecule has 0 spiro atoms. The van der Waals surface area contributed by atoms with Crippen LogP contribution >= 0.6 is 0 Å². The molecule has 2 heterocycles. The second kappa shape index (κ2) is 43.4. The first-order valence-corrected chi connectivity index (χ1v) is 29.4. The second-order valence-electron chi connectivity index (χ2n) is 21.7. The summed E-state index contributed by atoms with van der Waals surface area (Å²) in [5.74, 6) is -12.3. The summed E-state index contributed by atoms with van der Waals surface area (Å²) in [6.45, 7) is -0.290. The van der Waals surface area contributed by atoms with E-state index in [0.717, 1.165) is 0 Å². The topological polar surface area (TPSA) is 496 Å². The molecule has 0 aromatic heterocycles. The molecule has 35 heteroatoms. The van der Waals surface area contributed by atoms with Gasteiger partial charge in [-0.25, -0.2) is 4.79 Å². The first-order valence-electron chi connectivity index (χ1n) is 29.4. The molecule has 5 amide bonds. The predicted octanol–water partition coefficient (Wildman–Crippen LogP) is -6.35. The van der Waals surface area contributed by atoms with Gasteiger partial charge in [0.1, 0.15) is 18.1 Å². The summed E-state index contributed by atoms with van der Waals surface area (Å²) >= 11 is 0.